The minimum absolute atomic E-state index is 0.0928. The maximum absolute atomic E-state index is 13.5. The molecule has 0 fully saturated rings. The third-order valence-corrected chi connectivity index (χ3v) is 7.31. The van der Waals surface area contributed by atoms with Gasteiger partial charge >= 0.3 is 6.18 Å². The van der Waals surface area contributed by atoms with Crippen LogP contribution in [0, 0.1) is 5.82 Å². The summed E-state index contributed by atoms with van der Waals surface area (Å²) in [4.78, 5) is 25.7. The van der Waals surface area contributed by atoms with Crippen LogP contribution in [0.4, 0.5) is 23.2 Å². The maximum Gasteiger partial charge on any atom is 0.416 e. The molecular weight excluding hydrogens is 588 g/mol. The van der Waals surface area contributed by atoms with Crippen LogP contribution in [0.2, 0.25) is 0 Å². The van der Waals surface area contributed by atoms with E-state index < -0.39 is 45.3 Å². The second-order valence-corrected chi connectivity index (χ2v) is 11.3. The summed E-state index contributed by atoms with van der Waals surface area (Å²) < 4.78 is 83.2. The lowest BCUT2D eigenvalue weighted by Crippen LogP contribution is -2.28. The fraction of sp³-hybridized carbons (Fsp3) is 0.161. The van der Waals surface area contributed by atoms with Gasteiger partial charge < -0.3 is 10.6 Å². The average Bonchev–Trinajstić information content (AvgIpc) is 2.96. The van der Waals surface area contributed by atoms with Crippen LogP contribution < -0.4 is 10.6 Å². The molecule has 7 nitrogen and oxygen atoms in total. The molecule has 1 unspecified atom stereocenters. The molecule has 0 saturated carbocycles. The lowest BCUT2D eigenvalue weighted by molar-refractivity contribution is -0.137. The van der Waals surface area contributed by atoms with Crippen molar-refractivity contribution in [3.63, 3.8) is 0 Å². The molecule has 2 amide bonds. The second-order valence-electron chi connectivity index (χ2n) is 9.69. The zero-order valence-corrected chi connectivity index (χ0v) is 23.3. The van der Waals surface area contributed by atoms with Crippen LogP contribution in [0.5, 0.6) is 0 Å². The molecule has 12 heteroatoms. The number of alkyl halides is 3. The Morgan fingerprint density at radius 1 is 0.791 bits per heavy atom. The van der Waals surface area contributed by atoms with Gasteiger partial charge in [-0.05, 0) is 77.2 Å². The summed E-state index contributed by atoms with van der Waals surface area (Å²) in [5, 5.41) is 5.17. The van der Waals surface area contributed by atoms with E-state index in [0.29, 0.717) is 16.8 Å². The molecule has 4 aromatic carbocycles. The van der Waals surface area contributed by atoms with Crippen molar-refractivity contribution in [1.82, 2.24) is 5.32 Å². The number of hydrogen-bond acceptors (Lipinski definition) is 4. The van der Waals surface area contributed by atoms with E-state index in [1.54, 1.807) is 48.5 Å². The van der Waals surface area contributed by atoms with Crippen molar-refractivity contribution in [1.29, 1.82) is 0 Å². The zero-order chi connectivity index (χ0) is 31.2. The van der Waals surface area contributed by atoms with E-state index in [1.165, 1.54) is 36.4 Å². The summed E-state index contributed by atoms with van der Waals surface area (Å²) in [6.07, 6.45) is -4.45. The number of nitrogens with one attached hydrogen (secondary N) is 2. The van der Waals surface area contributed by atoms with Crippen LogP contribution in [0.25, 0.3) is 11.1 Å². The molecule has 0 aliphatic carbocycles. The topological polar surface area (TPSA) is 113 Å². The van der Waals surface area contributed by atoms with Gasteiger partial charge in [0.2, 0.25) is 5.91 Å². The van der Waals surface area contributed by atoms with Gasteiger partial charge in [-0.2, -0.15) is 21.6 Å². The van der Waals surface area contributed by atoms with Crippen LogP contribution >= 0.6 is 0 Å². The van der Waals surface area contributed by atoms with Crippen LogP contribution in [-0.4, -0.2) is 37.1 Å². The van der Waals surface area contributed by atoms with Gasteiger partial charge in [-0.1, -0.05) is 48.5 Å². The highest BCUT2D eigenvalue weighted by atomic mass is 32.2. The monoisotopic (exact) mass is 614 g/mol. The van der Waals surface area contributed by atoms with Gasteiger partial charge in [0.25, 0.3) is 16.0 Å². The van der Waals surface area contributed by atoms with Crippen molar-refractivity contribution in [3.8, 4) is 11.1 Å². The van der Waals surface area contributed by atoms with Crippen LogP contribution in [0.15, 0.2) is 97.1 Å². The van der Waals surface area contributed by atoms with Crippen molar-refractivity contribution in [3.05, 3.63) is 125 Å². The van der Waals surface area contributed by atoms with E-state index in [1.807, 2.05) is 0 Å². The highest BCUT2D eigenvalue weighted by Gasteiger charge is 2.31. The summed E-state index contributed by atoms with van der Waals surface area (Å²) >= 11 is 0. The smallest absolute Gasteiger partial charge is 0.351 e. The predicted molar refractivity (Wildman–Crippen MR) is 154 cm³/mol. The van der Waals surface area contributed by atoms with Crippen molar-refractivity contribution in [2.45, 2.75) is 18.5 Å². The number of hydrogen-bond donors (Lipinski definition) is 3. The fourth-order valence-corrected chi connectivity index (χ4v) is 4.67. The molecule has 4 rings (SSSR count). The summed E-state index contributed by atoms with van der Waals surface area (Å²) in [7, 11) is -4.23. The second kappa shape index (κ2) is 13.2. The first-order chi connectivity index (χ1) is 20.3. The summed E-state index contributed by atoms with van der Waals surface area (Å²) in [5.41, 5.74) is 2.33. The van der Waals surface area contributed by atoms with Gasteiger partial charge in [-0.25, -0.2) is 4.39 Å². The molecule has 1 atom stereocenters. The van der Waals surface area contributed by atoms with E-state index >= 15 is 0 Å². The van der Waals surface area contributed by atoms with Crippen molar-refractivity contribution in [2.24, 2.45) is 0 Å². The highest BCUT2D eigenvalue weighted by molar-refractivity contribution is 7.85. The molecular formula is C31H26F4N2O5S. The van der Waals surface area contributed by atoms with Crippen molar-refractivity contribution < 1.29 is 40.1 Å². The molecule has 3 N–H and O–H groups in total. The quantitative estimate of drug-likeness (QED) is 0.148. The van der Waals surface area contributed by atoms with Gasteiger partial charge in [0.05, 0.1) is 17.2 Å². The van der Waals surface area contributed by atoms with Gasteiger partial charge in [0.1, 0.15) is 5.82 Å². The van der Waals surface area contributed by atoms with E-state index in [9.17, 15) is 35.6 Å². The number of carbonyl (C=O) groups is 2. The van der Waals surface area contributed by atoms with Gasteiger partial charge in [0.15, 0.2) is 0 Å². The maximum atomic E-state index is 13.5. The van der Waals surface area contributed by atoms with Gasteiger partial charge in [-0.15, -0.1) is 0 Å². The summed E-state index contributed by atoms with van der Waals surface area (Å²) in [6, 6.07) is 23.2. The van der Waals surface area contributed by atoms with E-state index in [-0.39, 0.29) is 24.3 Å². The van der Waals surface area contributed by atoms with Crippen LogP contribution in [0.1, 0.15) is 33.0 Å². The Labute approximate surface area is 245 Å². The molecule has 224 valence electrons. The number of halogens is 4. The highest BCUT2D eigenvalue weighted by Crippen LogP contribution is 2.31. The molecule has 0 aromatic heterocycles. The van der Waals surface area contributed by atoms with Crippen molar-refractivity contribution >= 4 is 27.6 Å². The summed E-state index contributed by atoms with van der Waals surface area (Å²) in [6.45, 7) is -0.291. The molecule has 0 aliphatic heterocycles. The Balaban J connectivity index is 1.52. The number of carbonyl (C=O) groups excluding carboxylic acids is 2. The lowest BCUT2D eigenvalue weighted by Gasteiger charge is -2.19. The Kier molecular flexibility index (Phi) is 9.62. The van der Waals surface area contributed by atoms with E-state index in [0.717, 1.165) is 23.3 Å². The molecule has 0 spiro atoms. The molecule has 4 aromatic rings. The van der Waals surface area contributed by atoms with Crippen molar-refractivity contribution in [2.75, 3.05) is 17.6 Å². The molecule has 0 aliphatic rings. The van der Waals surface area contributed by atoms with E-state index in [4.69, 9.17) is 4.55 Å². The van der Waals surface area contributed by atoms with Gasteiger partial charge in [0, 0.05) is 17.8 Å². The third-order valence-electron chi connectivity index (χ3n) is 6.59. The minimum Gasteiger partial charge on any atom is -0.351 e. The minimum atomic E-state index is -4.54. The molecule has 0 radical (unpaired) electrons. The Bertz CT molecular complexity index is 1670. The largest absolute Gasteiger partial charge is 0.416 e. The lowest BCUT2D eigenvalue weighted by atomic mass is 9.90. The number of anilines is 1. The number of rotatable bonds is 10. The Morgan fingerprint density at radius 3 is 1.88 bits per heavy atom. The Hall–Kier alpha value is -4.55. The SMILES string of the molecule is O=C(NCCS(=O)(=O)O)c1ccc(CC(C(=O)Nc2ccc(-c3ccc(F)cc3)cc2)c2ccc(C(F)(F)F)cc2)cc1. The standard InChI is InChI=1S/C31H26F4N2O5S/c32-26-13-7-21(8-14-26)22-9-15-27(16-10-22)37-30(39)28(23-5-11-25(12-6-23)31(33,34)35)19-20-1-3-24(4-2-20)29(38)36-17-18-43(40,41)42/h1-16,28H,17-19H2,(H,36,38)(H,37,39)(H,40,41,42). The third kappa shape index (κ3) is 8.97. The Morgan fingerprint density at radius 2 is 1.35 bits per heavy atom. The normalized spacial score (nSPS) is 12.4. The predicted octanol–water partition coefficient (Wildman–Crippen LogP) is 6.09. The first-order valence-electron chi connectivity index (χ1n) is 12.9. The first-order valence-corrected chi connectivity index (χ1v) is 14.6. The molecule has 43 heavy (non-hydrogen) atoms. The first kappa shape index (κ1) is 31.4. The summed E-state index contributed by atoms with van der Waals surface area (Å²) in [5.74, 6) is -2.95. The van der Waals surface area contributed by atoms with Gasteiger partial charge in [-0.3, -0.25) is 14.1 Å². The molecule has 0 bridgehead atoms. The van der Waals surface area contributed by atoms with Crippen LogP contribution in [0.3, 0.4) is 0 Å². The molecule has 0 saturated heterocycles. The fourth-order valence-electron chi connectivity index (χ4n) is 4.31. The van der Waals surface area contributed by atoms with E-state index in [2.05, 4.69) is 10.6 Å². The number of benzene rings is 4. The molecule has 0 heterocycles. The number of amides is 2. The zero-order valence-electron chi connectivity index (χ0n) is 22.4. The van der Waals surface area contributed by atoms with Crippen LogP contribution in [-0.2, 0) is 27.5 Å². The average molecular weight is 615 g/mol.